The fourth-order valence-electron chi connectivity index (χ4n) is 5.32. The number of nitrogens with one attached hydrogen (secondary N) is 3. The standard InChI is InChI=1S/C31H29ClN12O3S/c1-42-10-12-43(13-11-42)18-20-2-4-22(5-3-20)39-30(45)27-26(17-38-41-27)40-28-24-8-9-44(29(24)37-19-36-28)31-34-14-21(15-35-31)25-7-6-23(16-33-25)48(32,46)47/h2-9,14-17,19H,10-13,18H2,1H3,(H,38,41)(H,39,45)(H,36,37,40). The van der Waals surface area contributed by atoms with Gasteiger partial charge < -0.3 is 15.5 Å². The summed E-state index contributed by atoms with van der Waals surface area (Å²) in [5.74, 6) is 0.421. The number of H-pyrrole nitrogens is 1. The van der Waals surface area contributed by atoms with Crippen molar-refractivity contribution in [2.75, 3.05) is 43.9 Å². The molecule has 0 aliphatic carbocycles. The van der Waals surface area contributed by atoms with E-state index in [4.69, 9.17) is 10.7 Å². The third-order valence-electron chi connectivity index (χ3n) is 7.97. The zero-order valence-corrected chi connectivity index (χ0v) is 27.1. The first-order valence-corrected chi connectivity index (χ1v) is 17.2. The molecule has 0 spiro atoms. The second kappa shape index (κ2) is 13.1. The third-order valence-corrected chi connectivity index (χ3v) is 9.31. The lowest BCUT2D eigenvalue weighted by atomic mass is 10.1. The number of carbonyl (C=O) groups is 1. The predicted octanol–water partition coefficient (Wildman–Crippen LogP) is 3.67. The first kappa shape index (κ1) is 31.3. The molecule has 1 aromatic carbocycles. The highest BCUT2D eigenvalue weighted by Gasteiger charge is 2.19. The summed E-state index contributed by atoms with van der Waals surface area (Å²) < 4.78 is 24.7. The number of likely N-dealkylation sites (N-methyl/N-ethyl adjacent to an activating group) is 1. The molecule has 15 nitrogen and oxygen atoms in total. The van der Waals surface area contributed by atoms with E-state index in [-0.39, 0.29) is 16.5 Å². The van der Waals surface area contributed by atoms with Gasteiger partial charge in [-0.2, -0.15) is 5.10 Å². The van der Waals surface area contributed by atoms with Crippen molar-refractivity contribution in [1.82, 2.24) is 49.5 Å². The summed E-state index contributed by atoms with van der Waals surface area (Å²) in [6.07, 6.45) is 9.07. The maximum atomic E-state index is 13.2. The van der Waals surface area contributed by atoms with E-state index in [1.54, 1.807) is 29.4 Å². The lowest BCUT2D eigenvalue weighted by Crippen LogP contribution is -2.43. The summed E-state index contributed by atoms with van der Waals surface area (Å²) in [5.41, 5.74) is 4.06. The van der Waals surface area contributed by atoms with Crippen LogP contribution in [0.4, 0.5) is 17.2 Å². The van der Waals surface area contributed by atoms with Gasteiger partial charge in [-0.15, -0.1) is 0 Å². The number of rotatable bonds is 9. The van der Waals surface area contributed by atoms with Gasteiger partial charge in [-0.1, -0.05) is 12.1 Å². The molecule has 0 unspecified atom stereocenters. The van der Waals surface area contributed by atoms with Crippen molar-refractivity contribution < 1.29 is 13.2 Å². The number of nitrogens with zero attached hydrogens (tertiary/aromatic N) is 9. The SMILES string of the molecule is CN1CCN(Cc2ccc(NC(=O)c3n[nH]cc3Nc3ncnc4c3ccn4-c3ncc(-c4ccc(S(=O)(=O)Cl)cn4)cn3)cc2)CC1. The van der Waals surface area contributed by atoms with Crippen molar-refractivity contribution in [2.45, 2.75) is 11.4 Å². The molecule has 0 bridgehead atoms. The molecule has 6 heterocycles. The number of halogens is 1. The highest BCUT2D eigenvalue weighted by atomic mass is 35.7. The van der Waals surface area contributed by atoms with E-state index < -0.39 is 9.05 Å². The van der Waals surface area contributed by atoms with Gasteiger partial charge >= 0.3 is 0 Å². The van der Waals surface area contributed by atoms with Crippen LogP contribution in [-0.4, -0.2) is 97.0 Å². The Morgan fingerprint density at radius 2 is 1.71 bits per heavy atom. The van der Waals surface area contributed by atoms with Gasteiger partial charge in [0.1, 0.15) is 17.0 Å². The molecular weight excluding hydrogens is 656 g/mol. The maximum Gasteiger partial charge on any atom is 0.278 e. The van der Waals surface area contributed by atoms with Crippen LogP contribution in [0.25, 0.3) is 28.2 Å². The number of carbonyl (C=O) groups excluding carboxylic acids is 1. The molecular formula is C31H29ClN12O3S. The Bertz CT molecular complexity index is 2180. The molecule has 0 atom stereocenters. The highest BCUT2D eigenvalue weighted by Crippen LogP contribution is 2.27. The van der Waals surface area contributed by atoms with Gasteiger partial charge in [-0.05, 0) is 42.9 Å². The van der Waals surface area contributed by atoms with Crippen LogP contribution in [0.5, 0.6) is 0 Å². The number of aromatic nitrogens is 8. The number of aromatic amines is 1. The highest BCUT2D eigenvalue weighted by molar-refractivity contribution is 8.13. The molecule has 1 aliphatic rings. The molecule has 1 amide bonds. The molecule has 17 heteroatoms. The zero-order valence-electron chi connectivity index (χ0n) is 25.6. The fourth-order valence-corrected chi connectivity index (χ4v) is 6.00. The quantitative estimate of drug-likeness (QED) is 0.188. The van der Waals surface area contributed by atoms with Crippen LogP contribution < -0.4 is 10.6 Å². The Hall–Kier alpha value is -5.29. The number of hydrogen-bond acceptors (Lipinski definition) is 12. The molecule has 1 saturated heterocycles. The summed E-state index contributed by atoms with van der Waals surface area (Å²) in [4.78, 5) is 39.8. The Morgan fingerprint density at radius 1 is 0.938 bits per heavy atom. The molecule has 0 saturated carbocycles. The molecule has 3 N–H and O–H groups in total. The maximum absolute atomic E-state index is 13.2. The van der Waals surface area contributed by atoms with Gasteiger partial charge in [-0.3, -0.25) is 24.3 Å². The molecule has 0 radical (unpaired) electrons. The van der Waals surface area contributed by atoms with Gasteiger partial charge in [0.25, 0.3) is 15.0 Å². The van der Waals surface area contributed by atoms with E-state index in [0.29, 0.717) is 45.4 Å². The second-order valence-electron chi connectivity index (χ2n) is 11.2. The van der Waals surface area contributed by atoms with Gasteiger partial charge in [0.2, 0.25) is 5.95 Å². The number of anilines is 3. The number of hydrogen-bond donors (Lipinski definition) is 3. The number of piperazine rings is 1. The largest absolute Gasteiger partial charge is 0.336 e. The fraction of sp³-hybridized carbons (Fsp3) is 0.194. The first-order chi connectivity index (χ1) is 23.2. The van der Waals surface area contributed by atoms with E-state index >= 15 is 0 Å². The van der Waals surface area contributed by atoms with Crippen LogP contribution in [-0.2, 0) is 15.6 Å². The minimum Gasteiger partial charge on any atom is -0.336 e. The topological polar surface area (TPSA) is 180 Å². The van der Waals surface area contributed by atoms with Crippen LogP contribution in [0.15, 0.2) is 84.7 Å². The molecule has 48 heavy (non-hydrogen) atoms. The van der Waals surface area contributed by atoms with Crippen LogP contribution >= 0.6 is 10.7 Å². The summed E-state index contributed by atoms with van der Waals surface area (Å²) in [6, 6.07) is 12.6. The number of pyridine rings is 1. The van der Waals surface area contributed by atoms with Crippen molar-refractivity contribution >= 4 is 53.9 Å². The van der Waals surface area contributed by atoms with E-state index in [9.17, 15) is 13.2 Å². The smallest absolute Gasteiger partial charge is 0.278 e. The molecule has 6 aromatic rings. The first-order valence-electron chi connectivity index (χ1n) is 14.9. The van der Waals surface area contributed by atoms with Crippen molar-refractivity contribution in [2.24, 2.45) is 0 Å². The Kier molecular flexibility index (Phi) is 8.53. The van der Waals surface area contributed by atoms with Crippen LogP contribution in [0.2, 0.25) is 0 Å². The van der Waals surface area contributed by atoms with E-state index in [1.807, 2.05) is 30.3 Å². The molecule has 5 aromatic heterocycles. The monoisotopic (exact) mass is 684 g/mol. The summed E-state index contributed by atoms with van der Waals surface area (Å²) in [7, 11) is 3.65. The molecule has 1 aliphatic heterocycles. The lowest BCUT2D eigenvalue weighted by Gasteiger charge is -2.32. The Labute approximate surface area is 279 Å². The van der Waals surface area contributed by atoms with Crippen molar-refractivity contribution in [3.05, 3.63) is 91.0 Å². The Balaban J connectivity index is 1.04. The minimum absolute atomic E-state index is 0.0987. The molecule has 7 rings (SSSR count). The van der Waals surface area contributed by atoms with Gasteiger partial charge in [0.15, 0.2) is 11.3 Å². The van der Waals surface area contributed by atoms with Gasteiger partial charge in [0.05, 0.1) is 16.8 Å². The van der Waals surface area contributed by atoms with E-state index in [0.717, 1.165) is 32.7 Å². The summed E-state index contributed by atoms with van der Waals surface area (Å²) in [5, 5.41) is 13.7. The number of fused-ring (bicyclic) bond motifs is 1. The lowest BCUT2D eigenvalue weighted by molar-refractivity contribution is 0.102. The average molecular weight is 685 g/mol. The van der Waals surface area contributed by atoms with Crippen LogP contribution in [0.3, 0.4) is 0 Å². The predicted molar refractivity (Wildman–Crippen MR) is 180 cm³/mol. The molecule has 244 valence electrons. The number of benzene rings is 1. The van der Waals surface area contributed by atoms with Crippen molar-refractivity contribution in [3.63, 3.8) is 0 Å². The van der Waals surface area contributed by atoms with Crippen LogP contribution in [0, 0.1) is 0 Å². The third kappa shape index (κ3) is 6.72. The zero-order chi connectivity index (χ0) is 33.3. The van der Waals surface area contributed by atoms with Crippen molar-refractivity contribution in [3.8, 4) is 17.2 Å². The van der Waals surface area contributed by atoms with E-state index in [2.05, 4.69) is 62.6 Å². The van der Waals surface area contributed by atoms with Crippen LogP contribution in [0.1, 0.15) is 16.1 Å². The van der Waals surface area contributed by atoms with E-state index in [1.165, 1.54) is 30.2 Å². The van der Waals surface area contributed by atoms with Crippen molar-refractivity contribution in [1.29, 1.82) is 0 Å². The number of amides is 1. The van der Waals surface area contributed by atoms with Gasteiger partial charge in [-0.25, -0.2) is 28.4 Å². The average Bonchev–Trinajstić information content (AvgIpc) is 3.75. The van der Waals surface area contributed by atoms with Gasteiger partial charge in [0, 0.05) is 85.6 Å². The second-order valence-corrected chi connectivity index (χ2v) is 13.8. The summed E-state index contributed by atoms with van der Waals surface area (Å²) in [6.45, 7) is 5.07. The summed E-state index contributed by atoms with van der Waals surface area (Å²) >= 11 is 0. The molecule has 1 fully saturated rings. The minimum atomic E-state index is -3.87. The normalized spacial score (nSPS) is 14.3. The Morgan fingerprint density at radius 3 is 2.42 bits per heavy atom.